The maximum atomic E-state index is 5.35. The van der Waals surface area contributed by atoms with Crippen molar-refractivity contribution >= 4 is 11.6 Å². The number of nitrogens with zero attached hydrogens (tertiary/aromatic N) is 1. The van der Waals surface area contributed by atoms with Gasteiger partial charge in [-0.1, -0.05) is 12.1 Å². The standard InChI is InChI=1S/C20H27N3O3/c1-6-21-20(22-13-15-7-9-17(24-3)14(2)11-15)23-16-8-10-18(25-4)19(12-16)26-5/h7-12H,6,13H2,1-5H3,(H2,21,22,23). The summed E-state index contributed by atoms with van der Waals surface area (Å²) in [5.41, 5.74) is 3.08. The minimum atomic E-state index is 0.563. The van der Waals surface area contributed by atoms with E-state index >= 15 is 0 Å². The number of methoxy groups -OCH3 is 3. The molecule has 0 amide bonds. The molecule has 6 nitrogen and oxygen atoms in total. The second-order valence-electron chi connectivity index (χ2n) is 5.69. The van der Waals surface area contributed by atoms with E-state index in [0.29, 0.717) is 24.0 Å². The summed E-state index contributed by atoms with van der Waals surface area (Å²) in [6.07, 6.45) is 0. The average Bonchev–Trinajstić information content (AvgIpc) is 2.66. The number of rotatable bonds is 7. The molecule has 0 radical (unpaired) electrons. The van der Waals surface area contributed by atoms with Crippen LogP contribution in [0.5, 0.6) is 17.2 Å². The molecule has 0 atom stereocenters. The minimum absolute atomic E-state index is 0.563. The molecule has 2 rings (SSSR count). The lowest BCUT2D eigenvalue weighted by molar-refractivity contribution is 0.355. The first kappa shape index (κ1) is 19.4. The average molecular weight is 357 g/mol. The van der Waals surface area contributed by atoms with E-state index in [2.05, 4.69) is 21.7 Å². The Morgan fingerprint density at radius 3 is 2.23 bits per heavy atom. The van der Waals surface area contributed by atoms with E-state index in [0.717, 1.165) is 29.1 Å². The molecule has 0 aliphatic rings. The van der Waals surface area contributed by atoms with Gasteiger partial charge in [-0.3, -0.25) is 0 Å². The van der Waals surface area contributed by atoms with Crippen LogP contribution in [-0.4, -0.2) is 33.8 Å². The molecule has 0 aromatic heterocycles. The van der Waals surface area contributed by atoms with Crippen LogP contribution in [0.4, 0.5) is 5.69 Å². The molecular weight excluding hydrogens is 330 g/mol. The Bertz CT molecular complexity index is 760. The van der Waals surface area contributed by atoms with Gasteiger partial charge in [0.2, 0.25) is 0 Å². The lowest BCUT2D eigenvalue weighted by atomic mass is 10.1. The van der Waals surface area contributed by atoms with Crippen molar-refractivity contribution in [3.63, 3.8) is 0 Å². The molecule has 0 aliphatic carbocycles. The van der Waals surface area contributed by atoms with Gasteiger partial charge in [-0.25, -0.2) is 4.99 Å². The van der Waals surface area contributed by atoms with E-state index in [1.807, 2.05) is 44.2 Å². The number of hydrogen-bond donors (Lipinski definition) is 2. The summed E-state index contributed by atoms with van der Waals surface area (Å²) in [5, 5.41) is 6.54. The van der Waals surface area contributed by atoms with E-state index in [1.54, 1.807) is 21.3 Å². The van der Waals surface area contributed by atoms with Crippen LogP contribution in [0, 0.1) is 6.92 Å². The highest BCUT2D eigenvalue weighted by atomic mass is 16.5. The topological polar surface area (TPSA) is 64.1 Å². The first-order valence-electron chi connectivity index (χ1n) is 8.52. The monoisotopic (exact) mass is 357 g/mol. The molecule has 0 bridgehead atoms. The van der Waals surface area contributed by atoms with E-state index < -0.39 is 0 Å². The fourth-order valence-electron chi connectivity index (χ4n) is 2.57. The SMILES string of the molecule is CCNC(=NCc1ccc(OC)c(C)c1)Nc1ccc(OC)c(OC)c1. The number of benzene rings is 2. The molecule has 0 unspecified atom stereocenters. The van der Waals surface area contributed by atoms with Crippen molar-refractivity contribution in [2.45, 2.75) is 20.4 Å². The highest BCUT2D eigenvalue weighted by Crippen LogP contribution is 2.29. The quantitative estimate of drug-likeness (QED) is 0.586. The van der Waals surface area contributed by atoms with Gasteiger partial charge in [-0.2, -0.15) is 0 Å². The molecule has 0 saturated heterocycles. The van der Waals surface area contributed by atoms with Gasteiger partial charge in [0.25, 0.3) is 0 Å². The normalized spacial score (nSPS) is 11.0. The van der Waals surface area contributed by atoms with Crippen molar-refractivity contribution in [2.75, 3.05) is 33.2 Å². The van der Waals surface area contributed by atoms with Crippen molar-refractivity contribution in [3.8, 4) is 17.2 Å². The van der Waals surface area contributed by atoms with Gasteiger partial charge in [-0.05, 0) is 43.2 Å². The number of aliphatic imine (C=N–C) groups is 1. The smallest absolute Gasteiger partial charge is 0.196 e. The summed E-state index contributed by atoms with van der Waals surface area (Å²) in [6.45, 7) is 5.39. The molecule has 0 saturated carbocycles. The fourth-order valence-corrected chi connectivity index (χ4v) is 2.57. The first-order chi connectivity index (χ1) is 12.6. The molecule has 6 heteroatoms. The summed E-state index contributed by atoms with van der Waals surface area (Å²) < 4.78 is 15.9. The molecule has 2 aromatic carbocycles. The Labute approximate surface area is 155 Å². The summed E-state index contributed by atoms with van der Waals surface area (Å²) in [6, 6.07) is 11.7. The summed E-state index contributed by atoms with van der Waals surface area (Å²) in [5.74, 6) is 2.94. The third-order valence-corrected chi connectivity index (χ3v) is 3.87. The van der Waals surface area contributed by atoms with Gasteiger partial charge in [-0.15, -0.1) is 0 Å². The van der Waals surface area contributed by atoms with Crippen molar-refractivity contribution in [3.05, 3.63) is 47.5 Å². The van der Waals surface area contributed by atoms with E-state index in [1.165, 1.54) is 0 Å². The Morgan fingerprint density at radius 2 is 1.62 bits per heavy atom. The molecule has 0 heterocycles. The summed E-state index contributed by atoms with van der Waals surface area (Å²) in [7, 11) is 4.91. The van der Waals surface area contributed by atoms with E-state index in [-0.39, 0.29) is 0 Å². The van der Waals surface area contributed by atoms with Crippen LogP contribution >= 0.6 is 0 Å². The molecule has 2 N–H and O–H groups in total. The van der Waals surface area contributed by atoms with Crippen LogP contribution in [-0.2, 0) is 6.54 Å². The number of ether oxygens (including phenoxy) is 3. The lowest BCUT2D eigenvalue weighted by Crippen LogP contribution is -2.30. The Balaban J connectivity index is 2.15. The predicted octanol–water partition coefficient (Wildman–Crippen LogP) is 3.60. The molecule has 26 heavy (non-hydrogen) atoms. The zero-order valence-electron chi connectivity index (χ0n) is 16.1. The van der Waals surface area contributed by atoms with Gasteiger partial charge in [0.05, 0.1) is 27.9 Å². The predicted molar refractivity (Wildman–Crippen MR) is 106 cm³/mol. The number of nitrogens with one attached hydrogen (secondary N) is 2. The van der Waals surface area contributed by atoms with Crippen LogP contribution in [0.15, 0.2) is 41.4 Å². The maximum absolute atomic E-state index is 5.35. The zero-order valence-corrected chi connectivity index (χ0v) is 16.1. The highest BCUT2D eigenvalue weighted by Gasteiger charge is 2.06. The summed E-state index contributed by atoms with van der Waals surface area (Å²) in [4.78, 5) is 4.66. The molecular formula is C20H27N3O3. The molecule has 0 aliphatic heterocycles. The third-order valence-electron chi connectivity index (χ3n) is 3.87. The van der Waals surface area contributed by atoms with Crippen molar-refractivity contribution < 1.29 is 14.2 Å². The Kier molecular flexibility index (Phi) is 7.14. The van der Waals surface area contributed by atoms with Crippen molar-refractivity contribution in [2.24, 2.45) is 4.99 Å². The van der Waals surface area contributed by atoms with Gasteiger partial charge >= 0.3 is 0 Å². The number of hydrogen-bond acceptors (Lipinski definition) is 4. The number of aryl methyl sites for hydroxylation is 1. The van der Waals surface area contributed by atoms with Gasteiger partial charge in [0, 0.05) is 18.3 Å². The van der Waals surface area contributed by atoms with Crippen molar-refractivity contribution in [1.82, 2.24) is 5.32 Å². The van der Waals surface area contributed by atoms with Crippen LogP contribution in [0.25, 0.3) is 0 Å². The van der Waals surface area contributed by atoms with Crippen molar-refractivity contribution in [1.29, 1.82) is 0 Å². The second kappa shape index (κ2) is 9.56. The molecule has 0 spiro atoms. The lowest BCUT2D eigenvalue weighted by Gasteiger charge is -2.14. The van der Waals surface area contributed by atoms with Gasteiger partial charge < -0.3 is 24.8 Å². The fraction of sp³-hybridized carbons (Fsp3) is 0.350. The molecule has 0 fully saturated rings. The Hall–Kier alpha value is -2.89. The zero-order chi connectivity index (χ0) is 18.9. The maximum Gasteiger partial charge on any atom is 0.196 e. The van der Waals surface area contributed by atoms with Crippen LogP contribution in [0.3, 0.4) is 0 Å². The largest absolute Gasteiger partial charge is 0.496 e. The van der Waals surface area contributed by atoms with Crippen LogP contribution < -0.4 is 24.8 Å². The highest BCUT2D eigenvalue weighted by molar-refractivity contribution is 5.93. The summed E-state index contributed by atoms with van der Waals surface area (Å²) >= 11 is 0. The number of guanidine groups is 1. The van der Waals surface area contributed by atoms with Crippen LogP contribution in [0.2, 0.25) is 0 Å². The minimum Gasteiger partial charge on any atom is -0.496 e. The van der Waals surface area contributed by atoms with Crippen LogP contribution in [0.1, 0.15) is 18.1 Å². The second-order valence-corrected chi connectivity index (χ2v) is 5.69. The van der Waals surface area contributed by atoms with E-state index in [9.17, 15) is 0 Å². The third kappa shape index (κ3) is 5.05. The van der Waals surface area contributed by atoms with E-state index in [4.69, 9.17) is 14.2 Å². The number of anilines is 1. The molecule has 140 valence electrons. The van der Waals surface area contributed by atoms with Gasteiger partial charge in [0.15, 0.2) is 17.5 Å². The Morgan fingerprint density at radius 1 is 0.923 bits per heavy atom. The van der Waals surface area contributed by atoms with Gasteiger partial charge in [0.1, 0.15) is 5.75 Å². The molecule has 2 aromatic rings. The first-order valence-corrected chi connectivity index (χ1v) is 8.52.